The van der Waals surface area contributed by atoms with E-state index >= 15 is 0 Å². The number of hydrogen-bond donors (Lipinski definition) is 1. The molecule has 16 heavy (non-hydrogen) atoms. The average Bonchev–Trinajstić information content (AvgIpc) is 2.24. The maximum atomic E-state index is 11.3. The van der Waals surface area contributed by atoms with Crippen LogP contribution in [0.2, 0.25) is 0 Å². The van der Waals surface area contributed by atoms with Gasteiger partial charge in [0.2, 0.25) is 10.0 Å². The Morgan fingerprint density at radius 1 is 1.31 bits per heavy atom. The normalized spacial score (nSPS) is 14.3. The largest absolute Gasteiger partial charge is 0.304 e. The lowest BCUT2D eigenvalue weighted by atomic mass is 10.2. The average molecular weight is 315 g/mol. The first-order valence-electron chi connectivity index (χ1n) is 5.73. The van der Waals surface area contributed by atoms with Gasteiger partial charge in [-0.15, -0.1) is 0 Å². The molecular formula is C10H23BrN2O2S. The predicted octanol–water partition coefficient (Wildman–Crippen LogP) is 1.77. The number of nitrogens with one attached hydrogen (secondary N) is 1. The number of hydrogen-bond acceptors (Lipinski definition) is 3. The van der Waals surface area contributed by atoms with Crippen molar-refractivity contribution in [1.82, 2.24) is 9.62 Å². The van der Waals surface area contributed by atoms with Crippen molar-refractivity contribution in [3.05, 3.63) is 0 Å². The molecule has 0 amide bonds. The number of halogens is 1. The van der Waals surface area contributed by atoms with E-state index in [9.17, 15) is 8.42 Å². The van der Waals surface area contributed by atoms with E-state index in [1.165, 1.54) is 0 Å². The van der Waals surface area contributed by atoms with Gasteiger partial charge in [0.15, 0.2) is 0 Å². The zero-order chi connectivity index (χ0) is 12.6. The molecule has 0 radical (unpaired) electrons. The Morgan fingerprint density at radius 3 is 2.31 bits per heavy atom. The Morgan fingerprint density at radius 2 is 1.88 bits per heavy atom. The summed E-state index contributed by atoms with van der Waals surface area (Å²) in [7, 11) is -3.13. The standard InChI is InChI=1S/C10H23BrN2O2S/c1-4-13(5-2)8-6-7-10(3)12-16(14,15)9-11/h10,12H,4-9H2,1-3H3. The van der Waals surface area contributed by atoms with Crippen molar-refractivity contribution < 1.29 is 8.42 Å². The Kier molecular flexibility index (Phi) is 8.63. The monoisotopic (exact) mass is 314 g/mol. The highest BCUT2D eigenvalue weighted by atomic mass is 79.9. The van der Waals surface area contributed by atoms with Crippen LogP contribution in [0.15, 0.2) is 0 Å². The van der Waals surface area contributed by atoms with E-state index in [-0.39, 0.29) is 10.7 Å². The van der Waals surface area contributed by atoms with Gasteiger partial charge >= 0.3 is 0 Å². The van der Waals surface area contributed by atoms with Crippen LogP contribution >= 0.6 is 15.9 Å². The van der Waals surface area contributed by atoms with E-state index in [0.717, 1.165) is 32.5 Å². The van der Waals surface area contributed by atoms with Crippen LogP contribution in [0.3, 0.4) is 0 Å². The van der Waals surface area contributed by atoms with Crippen molar-refractivity contribution >= 4 is 26.0 Å². The molecule has 0 rings (SSSR count). The highest BCUT2D eigenvalue weighted by Gasteiger charge is 2.12. The number of rotatable bonds is 9. The molecule has 0 aliphatic heterocycles. The summed E-state index contributed by atoms with van der Waals surface area (Å²) in [4.78, 5) is 2.34. The molecule has 0 aliphatic carbocycles. The quantitative estimate of drug-likeness (QED) is 0.660. The first kappa shape index (κ1) is 16.4. The minimum absolute atomic E-state index is 0.0121. The third-order valence-corrected chi connectivity index (χ3v) is 5.39. The van der Waals surface area contributed by atoms with Gasteiger partial charge in [0.1, 0.15) is 4.66 Å². The van der Waals surface area contributed by atoms with Crippen LogP contribution in [0.1, 0.15) is 33.6 Å². The molecule has 1 atom stereocenters. The van der Waals surface area contributed by atoms with Crippen molar-refractivity contribution in [3.63, 3.8) is 0 Å². The van der Waals surface area contributed by atoms with Crippen molar-refractivity contribution in [3.8, 4) is 0 Å². The van der Waals surface area contributed by atoms with E-state index in [1.54, 1.807) is 0 Å². The molecule has 6 heteroatoms. The maximum Gasteiger partial charge on any atom is 0.221 e. The number of alkyl halides is 1. The number of nitrogens with zero attached hydrogens (tertiary/aromatic N) is 1. The fraction of sp³-hybridized carbons (Fsp3) is 1.00. The van der Waals surface area contributed by atoms with Gasteiger partial charge in [-0.1, -0.05) is 29.8 Å². The minimum atomic E-state index is -3.13. The van der Waals surface area contributed by atoms with Crippen LogP contribution < -0.4 is 4.72 Å². The van der Waals surface area contributed by atoms with Gasteiger partial charge in [-0.25, -0.2) is 13.1 Å². The third kappa shape index (κ3) is 7.60. The van der Waals surface area contributed by atoms with E-state index in [4.69, 9.17) is 0 Å². The smallest absolute Gasteiger partial charge is 0.221 e. The van der Waals surface area contributed by atoms with Crippen LogP contribution in [0.4, 0.5) is 0 Å². The molecule has 1 unspecified atom stereocenters. The van der Waals surface area contributed by atoms with Gasteiger partial charge < -0.3 is 4.90 Å². The molecule has 0 aromatic heterocycles. The van der Waals surface area contributed by atoms with Crippen molar-refractivity contribution in [2.75, 3.05) is 24.3 Å². The summed E-state index contributed by atoms with van der Waals surface area (Å²) in [6.45, 7) is 9.33. The summed E-state index contributed by atoms with van der Waals surface area (Å²) in [5.41, 5.74) is 0. The van der Waals surface area contributed by atoms with Crippen LogP contribution in [0, 0.1) is 0 Å². The topological polar surface area (TPSA) is 49.4 Å². The summed E-state index contributed by atoms with van der Waals surface area (Å²) >= 11 is 2.95. The summed E-state index contributed by atoms with van der Waals surface area (Å²) < 4.78 is 25.1. The maximum absolute atomic E-state index is 11.3. The van der Waals surface area contributed by atoms with Gasteiger partial charge in [0.25, 0.3) is 0 Å². The summed E-state index contributed by atoms with van der Waals surface area (Å²) in [6.07, 6.45) is 1.90. The third-order valence-electron chi connectivity index (χ3n) is 2.53. The van der Waals surface area contributed by atoms with Gasteiger partial charge in [-0.2, -0.15) is 0 Å². The van der Waals surface area contributed by atoms with Crippen molar-refractivity contribution in [1.29, 1.82) is 0 Å². The molecule has 1 N–H and O–H groups in total. The molecule has 0 saturated heterocycles. The number of sulfonamides is 1. The lowest BCUT2D eigenvalue weighted by Gasteiger charge is -2.19. The Labute approximate surface area is 108 Å². The molecule has 0 fully saturated rings. The summed E-state index contributed by atoms with van der Waals surface area (Å²) in [5, 5.41) is 0. The summed E-state index contributed by atoms with van der Waals surface area (Å²) in [6, 6.07) is 0.0121. The van der Waals surface area contributed by atoms with E-state index in [1.807, 2.05) is 6.92 Å². The van der Waals surface area contributed by atoms with Crippen LogP contribution in [0.25, 0.3) is 0 Å². The van der Waals surface area contributed by atoms with E-state index in [0.29, 0.717) is 0 Å². The second-order valence-electron chi connectivity index (χ2n) is 3.91. The van der Waals surface area contributed by atoms with Crippen LogP contribution in [-0.4, -0.2) is 43.7 Å². The Hall–Kier alpha value is 0.350. The molecule has 0 heterocycles. The van der Waals surface area contributed by atoms with E-state index in [2.05, 4.69) is 39.4 Å². The molecular weight excluding hydrogens is 292 g/mol. The molecule has 0 spiro atoms. The van der Waals surface area contributed by atoms with Gasteiger partial charge in [-0.05, 0) is 39.4 Å². The van der Waals surface area contributed by atoms with Crippen molar-refractivity contribution in [2.24, 2.45) is 0 Å². The van der Waals surface area contributed by atoms with Gasteiger partial charge in [0.05, 0.1) is 0 Å². The van der Waals surface area contributed by atoms with Gasteiger partial charge in [-0.3, -0.25) is 0 Å². The van der Waals surface area contributed by atoms with Crippen LogP contribution in [-0.2, 0) is 10.0 Å². The molecule has 98 valence electrons. The highest BCUT2D eigenvalue weighted by Crippen LogP contribution is 2.02. The second-order valence-corrected chi connectivity index (χ2v) is 6.97. The zero-order valence-electron chi connectivity index (χ0n) is 10.4. The Balaban J connectivity index is 3.78. The fourth-order valence-electron chi connectivity index (χ4n) is 1.56. The Bertz CT molecular complexity index is 266. The SMILES string of the molecule is CCN(CC)CCCC(C)NS(=O)(=O)CBr. The van der Waals surface area contributed by atoms with Crippen LogP contribution in [0.5, 0.6) is 0 Å². The first-order chi connectivity index (χ1) is 7.45. The highest BCUT2D eigenvalue weighted by molar-refractivity contribution is 9.10. The first-order valence-corrected chi connectivity index (χ1v) is 8.50. The molecule has 0 aliphatic rings. The molecule has 0 saturated carbocycles. The van der Waals surface area contributed by atoms with Crippen molar-refractivity contribution in [2.45, 2.75) is 39.7 Å². The molecule has 0 aromatic carbocycles. The minimum Gasteiger partial charge on any atom is -0.304 e. The lowest BCUT2D eigenvalue weighted by molar-refractivity contribution is 0.293. The molecule has 0 aromatic rings. The second kappa shape index (κ2) is 8.44. The van der Waals surface area contributed by atoms with Gasteiger partial charge in [0, 0.05) is 6.04 Å². The fourth-order valence-corrected chi connectivity index (χ4v) is 2.75. The zero-order valence-corrected chi connectivity index (χ0v) is 12.8. The molecule has 0 bridgehead atoms. The lowest BCUT2D eigenvalue weighted by Crippen LogP contribution is -2.34. The predicted molar refractivity (Wildman–Crippen MR) is 72.3 cm³/mol. The molecule has 4 nitrogen and oxygen atoms in total. The summed E-state index contributed by atoms with van der Waals surface area (Å²) in [5.74, 6) is 0. The van der Waals surface area contributed by atoms with E-state index < -0.39 is 10.0 Å².